The number of hydrogen-bond acceptors (Lipinski definition) is 5. The van der Waals surface area contributed by atoms with Crippen molar-refractivity contribution < 1.29 is 22.3 Å². The number of amides is 1. The quantitative estimate of drug-likeness (QED) is 0.668. The van der Waals surface area contributed by atoms with E-state index in [-0.39, 0.29) is 5.69 Å². The predicted molar refractivity (Wildman–Crippen MR) is 98.1 cm³/mol. The van der Waals surface area contributed by atoms with Crippen molar-refractivity contribution in [3.63, 3.8) is 0 Å². The summed E-state index contributed by atoms with van der Waals surface area (Å²) in [4.78, 5) is 14.6. The van der Waals surface area contributed by atoms with Crippen molar-refractivity contribution in [3.05, 3.63) is 30.1 Å². The second kappa shape index (κ2) is 9.29. The molecule has 0 unspecified atom stereocenters. The molecular formula is C17H26FN3O4S. The molecule has 1 aliphatic rings. The van der Waals surface area contributed by atoms with E-state index in [4.69, 9.17) is 4.74 Å². The normalized spacial score (nSPS) is 16.9. The van der Waals surface area contributed by atoms with Crippen molar-refractivity contribution in [2.75, 3.05) is 50.0 Å². The number of halogens is 1. The van der Waals surface area contributed by atoms with Crippen LogP contribution in [0.2, 0.25) is 0 Å². The highest BCUT2D eigenvalue weighted by molar-refractivity contribution is 7.92. The van der Waals surface area contributed by atoms with Crippen LogP contribution in [0.25, 0.3) is 0 Å². The second-order valence-corrected chi connectivity index (χ2v) is 8.14. The molecule has 9 heteroatoms. The van der Waals surface area contributed by atoms with E-state index in [0.29, 0.717) is 6.54 Å². The maximum absolute atomic E-state index is 14.1. The van der Waals surface area contributed by atoms with E-state index >= 15 is 0 Å². The van der Waals surface area contributed by atoms with Gasteiger partial charge < -0.3 is 10.1 Å². The minimum atomic E-state index is -3.82. The van der Waals surface area contributed by atoms with Gasteiger partial charge in [-0.05, 0) is 32.0 Å². The van der Waals surface area contributed by atoms with Crippen molar-refractivity contribution in [1.82, 2.24) is 10.2 Å². The molecule has 1 atom stereocenters. The van der Waals surface area contributed by atoms with Crippen molar-refractivity contribution in [3.8, 4) is 0 Å². The van der Waals surface area contributed by atoms with Gasteiger partial charge in [-0.2, -0.15) is 0 Å². The zero-order chi connectivity index (χ0) is 19.2. The van der Waals surface area contributed by atoms with Crippen molar-refractivity contribution in [2.45, 2.75) is 19.4 Å². The maximum atomic E-state index is 14.1. The number of nitrogens with zero attached hydrogens (tertiary/aromatic N) is 2. The average Bonchev–Trinajstić information content (AvgIpc) is 2.60. The van der Waals surface area contributed by atoms with Crippen LogP contribution in [-0.2, 0) is 19.6 Å². The van der Waals surface area contributed by atoms with E-state index in [2.05, 4.69) is 10.2 Å². The number of rotatable bonds is 8. The molecule has 1 aliphatic heterocycles. The lowest BCUT2D eigenvalue weighted by atomic mass is 10.2. The monoisotopic (exact) mass is 387 g/mol. The number of para-hydroxylation sites is 1. The Bertz CT molecular complexity index is 708. The SMILES string of the molecule is C[C@@H](C(=O)NCCCN1CCOCC1)N(c1ccccc1F)S(C)(=O)=O. The standard InChI is InChI=1S/C17H26FN3O4S/c1-14(17(22)19-8-5-9-20-10-12-25-13-11-20)21(26(2,23)24)16-7-4-3-6-15(16)18/h3-4,6-7,14H,5,8-13H2,1-2H3,(H,19,22)/t14-/m0/s1. The van der Waals surface area contributed by atoms with Crippen LogP contribution < -0.4 is 9.62 Å². The lowest BCUT2D eigenvalue weighted by Gasteiger charge is -2.29. The van der Waals surface area contributed by atoms with Gasteiger partial charge in [0.1, 0.15) is 11.9 Å². The molecule has 1 amide bonds. The number of morpholine rings is 1. The van der Waals surface area contributed by atoms with Crippen molar-refractivity contribution in [2.24, 2.45) is 0 Å². The topological polar surface area (TPSA) is 79.0 Å². The van der Waals surface area contributed by atoms with Gasteiger partial charge in [-0.15, -0.1) is 0 Å². The molecule has 1 saturated heterocycles. The zero-order valence-electron chi connectivity index (χ0n) is 15.2. The van der Waals surface area contributed by atoms with E-state index in [1.54, 1.807) is 0 Å². The molecule has 7 nitrogen and oxygen atoms in total. The number of anilines is 1. The number of sulfonamides is 1. The second-order valence-electron chi connectivity index (χ2n) is 6.28. The number of ether oxygens (including phenoxy) is 1. The molecule has 0 aliphatic carbocycles. The summed E-state index contributed by atoms with van der Waals surface area (Å²) in [7, 11) is -3.82. The number of benzene rings is 1. The minimum absolute atomic E-state index is 0.133. The zero-order valence-corrected chi connectivity index (χ0v) is 16.0. The van der Waals surface area contributed by atoms with Crippen LogP contribution in [0.15, 0.2) is 24.3 Å². The lowest BCUT2D eigenvalue weighted by Crippen LogP contribution is -2.48. The molecule has 0 aromatic heterocycles. The Morgan fingerprint density at radius 3 is 2.62 bits per heavy atom. The summed E-state index contributed by atoms with van der Waals surface area (Å²) >= 11 is 0. The highest BCUT2D eigenvalue weighted by atomic mass is 32.2. The first-order valence-electron chi connectivity index (χ1n) is 8.62. The van der Waals surface area contributed by atoms with Gasteiger partial charge in [-0.3, -0.25) is 14.0 Å². The van der Waals surface area contributed by atoms with E-state index < -0.39 is 27.8 Å². The van der Waals surface area contributed by atoms with Crippen LogP contribution in [-0.4, -0.2) is 70.9 Å². The Kier molecular flexibility index (Phi) is 7.36. The maximum Gasteiger partial charge on any atom is 0.243 e. The van der Waals surface area contributed by atoms with Gasteiger partial charge >= 0.3 is 0 Å². The van der Waals surface area contributed by atoms with Crippen molar-refractivity contribution in [1.29, 1.82) is 0 Å². The summed E-state index contributed by atoms with van der Waals surface area (Å²) in [6.07, 6.45) is 1.71. The van der Waals surface area contributed by atoms with Gasteiger partial charge in [0.25, 0.3) is 0 Å². The molecule has 0 saturated carbocycles. The predicted octanol–water partition coefficient (Wildman–Crippen LogP) is 0.819. The number of carbonyl (C=O) groups excluding carboxylic acids is 1. The Morgan fingerprint density at radius 1 is 1.35 bits per heavy atom. The molecule has 1 aromatic rings. The summed E-state index contributed by atoms with van der Waals surface area (Å²) in [6.45, 7) is 5.89. The third-order valence-corrected chi connectivity index (χ3v) is 5.46. The van der Waals surface area contributed by atoms with Crippen LogP contribution in [0.3, 0.4) is 0 Å². The Morgan fingerprint density at radius 2 is 2.00 bits per heavy atom. The summed E-state index contributed by atoms with van der Waals surface area (Å²) in [5.41, 5.74) is -0.133. The smallest absolute Gasteiger partial charge is 0.243 e. The summed E-state index contributed by atoms with van der Waals surface area (Å²) in [5.74, 6) is -1.15. The fourth-order valence-electron chi connectivity index (χ4n) is 2.90. The third-order valence-electron chi connectivity index (χ3n) is 4.23. The molecule has 2 rings (SSSR count). The van der Waals surface area contributed by atoms with Gasteiger partial charge in [0, 0.05) is 19.6 Å². The van der Waals surface area contributed by atoms with Gasteiger partial charge in [0.15, 0.2) is 0 Å². The van der Waals surface area contributed by atoms with Crippen LogP contribution in [0.5, 0.6) is 0 Å². The highest BCUT2D eigenvalue weighted by Gasteiger charge is 2.30. The van der Waals surface area contributed by atoms with Gasteiger partial charge in [-0.25, -0.2) is 12.8 Å². The number of nitrogens with one attached hydrogen (secondary N) is 1. The van der Waals surface area contributed by atoms with Gasteiger partial charge in [0.05, 0.1) is 25.2 Å². The molecule has 1 N–H and O–H groups in total. The minimum Gasteiger partial charge on any atom is -0.379 e. The molecule has 1 fully saturated rings. The van der Waals surface area contributed by atoms with E-state index in [9.17, 15) is 17.6 Å². The van der Waals surface area contributed by atoms with Crippen LogP contribution in [0.4, 0.5) is 10.1 Å². The summed E-state index contributed by atoms with van der Waals surface area (Å²) < 4.78 is 44.4. The number of hydrogen-bond donors (Lipinski definition) is 1. The van der Waals surface area contributed by atoms with Crippen LogP contribution >= 0.6 is 0 Å². The first kappa shape index (κ1) is 20.6. The van der Waals surface area contributed by atoms with Gasteiger partial charge in [-0.1, -0.05) is 12.1 Å². The Labute approximate surface area is 154 Å². The molecule has 0 bridgehead atoms. The molecule has 0 spiro atoms. The molecule has 146 valence electrons. The Balaban J connectivity index is 1.94. The highest BCUT2D eigenvalue weighted by Crippen LogP contribution is 2.23. The fourth-order valence-corrected chi connectivity index (χ4v) is 4.07. The number of carbonyl (C=O) groups is 1. The van der Waals surface area contributed by atoms with Gasteiger partial charge in [0.2, 0.25) is 15.9 Å². The van der Waals surface area contributed by atoms with Crippen LogP contribution in [0, 0.1) is 5.82 Å². The third kappa shape index (κ3) is 5.65. The first-order chi connectivity index (χ1) is 12.3. The summed E-state index contributed by atoms with van der Waals surface area (Å²) in [6, 6.07) is 4.46. The fraction of sp³-hybridized carbons (Fsp3) is 0.588. The van der Waals surface area contributed by atoms with E-state index in [1.165, 1.54) is 31.2 Å². The molecule has 1 heterocycles. The average molecular weight is 387 g/mol. The molecule has 26 heavy (non-hydrogen) atoms. The molecule has 0 radical (unpaired) electrons. The van der Waals surface area contributed by atoms with Crippen LogP contribution in [0.1, 0.15) is 13.3 Å². The van der Waals surface area contributed by atoms with E-state index in [1.807, 2.05) is 0 Å². The Hall–Kier alpha value is -1.71. The largest absolute Gasteiger partial charge is 0.379 e. The van der Waals surface area contributed by atoms with E-state index in [0.717, 1.165) is 49.8 Å². The lowest BCUT2D eigenvalue weighted by molar-refractivity contribution is -0.121. The first-order valence-corrected chi connectivity index (χ1v) is 10.5. The molecular weight excluding hydrogens is 361 g/mol. The van der Waals surface area contributed by atoms with Crippen molar-refractivity contribution >= 4 is 21.6 Å². The summed E-state index contributed by atoms with van der Waals surface area (Å²) in [5, 5.41) is 2.74. The molecule has 1 aromatic carbocycles.